The van der Waals surface area contributed by atoms with Gasteiger partial charge in [-0.3, -0.25) is 4.79 Å². The average Bonchev–Trinajstić information content (AvgIpc) is 2.43. The molecule has 0 fully saturated rings. The van der Waals surface area contributed by atoms with Gasteiger partial charge in [0.1, 0.15) is 0 Å². The molecule has 0 heterocycles. The Kier molecular flexibility index (Phi) is 8.03. The van der Waals surface area contributed by atoms with E-state index in [9.17, 15) is 0 Å². The minimum Gasteiger partial charge on any atom is -0.471 e. The van der Waals surface area contributed by atoms with Crippen LogP contribution in [0.15, 0.2) is 36.4 Å². The Bertz CT molecular complexity index is 440. The van der Waals surface area contributed by atoms with E-state index in [1.54, 1.807) is 0 Å². The lowest BCUT2D eigenvalue weighted by Crippen LogP contribution is -1.86. The smallest absolute Gasteiger partial charge is 0.292 e. The quantitative estimate of drug-likeness (QED) is 0.619. The molecule has 2 rings (SSSR count). The minimum absolute atomic E-state index is 0.375. The van der Waals surface area contributed by atoms with Gasteiger partial charge >= 0.3 is 0 Å². The molecule has 0 saturated carbocycles. The number of hydrogen-bond acceptors (Lipinski definition) is 3. The van der Waals surface area contributed by atoms with Crippen LogP contribution in [0.25, 0.3) is 10.8 Å². The van der Waals surface area contributed by atoms with Gasteiger partial charge in [0.2, 0.25) is 0 Å². The Hall–Kier alpha value is -2.03. The molecule has 2 aromatic rings. The van der Waals surface area contributed by atoms with Gasteiger partial charge in [-0.2, -0.15) is 0 Å². The lowest BCUT2D eigenvalue weighted by molar-refractivity contribution is -0.126. The molecule has 0 amide bonds. The number of carbonyl (C=O) groups is 1. The summed E-state index contributed by atoms with van der Waals surface area (Å²) in [6.07, 6.45) is 0. The van der Waals surface area contributed by atoms with Crippen LogP contribution in [0.5, 0.6) is 0 Å². The van der Waals surface area contributed by atoms with E-state index >= 15 is 0 Å². The number of nitrogens with two attached hydrogens (primary N) is 1. The fourth-order valence-electron chi connectivity index (χ4n) is 1.49. The van der Waals surface area contributed by atoms with Gasteiger partial charge in [-0.05, 0) is 23.9 Å². The molecule has 0 atom stereocenters. The zero-order valence-corrected chi connectivity index (χ0v) is 11.4. The second-order valence-electron chi connectivity index (χ2n) is 3.35. The van der Waals surface area contributed by atoms with Crippen LogP contribution >= 0.6 is 0 Å². The van der Waals surface area contributed by atoms with Crippen LogP contribution in [-0.2, 0) is 9.53 Å². The summed E-state index contributed by atoms with van der Waals surface area (Å²) < 4.78 is 3.86. The fourth-order valence-corrected chi connectivity index (χ4v) is 1.49. The molecule has 98 valence electrons. The highest BCUT2D eigenvalue weighted by atomic mass is 16.5. The molecule has 0 unspecified atom stereocenters. The van der Waals surface area contributed by atoms with Crippen LogP contribution in [0.3, 0.4) is 0 Å². The highest BCUT2D eigenvalue weighted by molar-refractivity contribution is 5.94. The topological polar surface area (TPSA) is 52.3 Å². The van der Waals surface area contributed by atoms with Crippen molar-refractivity contribution in [3.05, 3.63) is 42.0 Å². The van der Waals surface area contributed by atoms with Crippen LogP contribution in [-0.4, -0.2) is 13.6 Å². The molecule has 3 heteroatoms. The van der Waals surface area contributed by atoms with Gasteiger partial charge in [0.05, 0.1) is 7.11 Å². The molecule has 0 aliphatic heterocycles. The van der Waals surface area contributed by atoms with Crippen LogP contribution in [0.1, 0.15) is 19.4 Å². The molecule has 3 nitrogen and oxygen atoms in total. The molecule has 0 bridgehead atoms. The SMILES string of the molecule is CC.COC=O.Cc1cccc2c(N)cccc12. The van der Waals surface area contributed by atoms with Gasteiger partial charge in [0.25, 0.3) is 6.47 Å². The van der Waals surface area contributed by atoms with Crippen LogP contribution in [0.4, 0.5) is 5.69 Å². The van der Waals surface area contributed by atoms with Crippen molar-refractivity contribution in [2.24, 2.45) is 0 Å². The number of nitrogen functional groups attached to an aromatic ring is 1. The third kappa shape index (κ3) is 4.45. The molecule has 0 spiro atoms. The molecular formula is C15H21NO2. The second kappa shape index (κ2) is 9.05. The summed E-state index contributed by atoms with van der Waals surface area (Å²) in [5.74, 6) is 0. The minimum atomic E-state index is 0.375. The highest BCUT2D eigenvalue weighted by Gasteiger charge is 1.97. The van der Waals surface area contributed by atoms with Crippen LogP contribution in [0.2, 0.25) is 0 Å². The lowest BCUT2D eigenvalue weighted by atomic mass is 10.0. The largest absolute Gasteiger partial charge is 0.471 e. The second-order valence-corrected chi connectivity index (χ2v) is 3.35. The first-order valence-corrected chi connectivity index (χ1v) is 5.91. The summed E-state index contributed by atoms with van der Waals surface area (Å²) in [6, 6.07) is 12.2. The molecule has 0 aromatic heterocycles. The summed E-state index contributed by atoms with van der Waals surface area (Å²) in [6.45, 7) is 6.47. The maximum absolute atomic E-state index is 8.95. The maximum atomic E-state index is 8.95. The van der Waals surface area contributed by atoms with E-state index in [-0.39, 0.29) is 0 Å². The summed E-state index contributed by atoms with van der Waals surface area (Å²) >= 11 is 0. The molecular weight excluding hydrogens is 226 g/mol. The molecule has 2 aromatic carbocycles. The van der Waals surface area contributed by atoms with Crippen molar-refractivity contribution in [1.29, 1.82) is 0 Å². The highest BCUT2D eigenvalue weighted by Crippen LogP contribution is 2.22. The Morgan fingerprint density at radius 1 is 1.06 bits per heavy atom. The number of carbonyl (C=O) groups excluding carboxylic acids is 1. The van der Waals surface area contributed by atoms with E-state index in [0.29, 0.717) is 6.47 Å². The zero-order chi connectivity index (χ0) is 14.0. The number of hydrogen-bond donors (Lipinski definition) is 1. The number of methoxy groups -OCH3 is 1. The van der Waals surface area contributed by atoms with Gasteiger partial charge in [0, 0.05) is 11.1 Å². The third-order valence-electron chi connectivity index (χ3n) is 2.27. The van der Waals surface area contributed by atoms with Gasteiger partial charge in [-0.25, -0.2) is 0 Å². The maximum Gasteiger partial charge on any atom is 0.292 e. The predicted molar refractivity (Wildman–Crippen MR) is 77.5 cm³/mol. The van der Waals surface area contributed by atoms with Crippen molar-refractivity contribution < 1.29 is 9.53 Å². The molecule has 0 saturated heterocycles. The Morgan fingerprint density at radius 3 is 2.06 bits per heavy atom. The van der Waals surface area contributed by atoms with Gasteiger partial charge in [0.15, 0.2) is 0 Å². The van der Waals surface area contributed by atoms with Crippen LogP contribution < -0.4 is 5.73 Å². The zero-order valence-electron chi connectivity index (χ0n) is 11.4. The first-order valence-electron chi connectivity index (χ1n) is 5.91. The number of rotatable bonds is 1. The van der Waals surface area contributed by atoms with E-state index in [1.807, 2.05) is 32.0 Å². The van der Waals surface area contributed by atoms with Gasteiger partial charge < -0.3 is 10.5 Å². The molecule has 0 aliphatic rings. The lowest BCUT2D eigenvalue weighted by Gasteiger charge is -2.03. The van der Waals surface area contributed by atoms with E-state index < -0.39 is 0 Å². The Balaban J connectivity index is 0.000000415. The number of ether oxygens (including phenoxy) is 1. The van der Waals surface area contributed by atoms with Crippen molar-refractivity contribution in [3.8, 4) is 0 Å². The van der Waals surface area contributed by atoms with Crippen molar-refractivity contribution in [2.75, 3.05) is 12.8 Å². The van der Waals surface area contributed by atoms with Crippen LogP contribution in [0, 0.1) is 6.92 Å². The summed E-state index contributed by atoms with van der Waals surface area (Å²) in [5.41, 5.74) is 7.96. The molecule has 0 radical (unpaired) electrons. The summed E-state index contributed by atoms with van der Waals surface area (Å²) in [4.78, 5) is 8.95. The van der Waals surface area contributed by atoms with E-state index in [1.165, 1.54) is 18.1 Å². The van der Waals surface area contributed by atoms with E-state index in [4.69, 9.17) is 10.5 Å². The fraction of sp³-hybridized carbons (Fsp3) is 0.267. The first-order chi connectivity index (χ1) is 8.70. The average molecular weight is 247 g/mol. The molecule has 0 aliphatic carbocycles. The monoisotopic (exact) mass is 247 g/mol. The molecule has 2 N–H and O–H groups in total. The first kappa shape index (κ1) is 16.0. The number of aryl methyl sites for hydroxylation is 1. The standard InChI is InChI=1S/C11H11N.C2H4O2.C2H6/c1-8-4-2-6-10-9(8)5-3-7-11(10)12;1-4-2-3;1-2/h2-7H,12H2,1H3;2H,1H3;1-2H3. The number of anilines is 1. The summed E-state index contributed by atoms with van der Waals surface area (Å²) in [5, 5.41) is 2.40. The van der Waals surface area contributed by atoms with Crippen molar-refractivity contribution >= 4 is 22.9 Å². The van der Waals surface area contributed by atoms with E-state index in [0.717, 1.165) is 11.1 Å². The van der Waals surface area contributed by atoms with Crippen molar-refractivity contribution in [3.63, 3.8) is 0 Å². The third-order valence-corrected chi connectivity index (χ3v) is 2.27. The van der Waals surface area contributed by atoms with Crippen molar-refractivity contribution in [1.82, 2.24) is 0 Å². The number of benzene rings is 2. The normalized spacial score (nSPS) is 8.44. The Labute approximate surface area is 109 Å². The van der Waals surface area contributed by atoms with Gasteiger partial charge in [-0.1, -0.05) is 44.2 Å². The van der Waals surface area contributed by atoms with E-state index in [2.05, 4.69) is 29.9 Å². The van der Waals surface area contributed by atoms with Gasteiger partial charge in [-0.15, -0.1) is 0 Å². The van der Waals surface area contributed by atoms with Crippen molar-refractivity contribution in [2.45, 2.75) is 20.8 Å². The summed E-state index contributed by atoms with van der Waals surface area (Å²) in [7, 11) is 1.31. The number of fused-ring (bicyclic) bond motifs is 1. The Morgan fingerprint density at radius 2 is 1.56 bits per heavy atom. The predicted octanol–water partition coefficient (Wildman–Crippen LogP) is 3.55. The molecule has 18 heavy (non-hydrogen) atoms.